The largest absolute Gasteiger partial charge is 0.496 e. The van der Waals surface area contributed by atoms with Crippen LogP contribution in [-0.2, 0) is 26.2 Å². The topological polar surface area (TPSA) is 52.6 Å². The molecule has 1 aromatic carbocycles. The maximum atomic E-state index is 12.6. The van der Waals surface area contributed by atoms with Crippen molar-refractivity contribution in [2.45, 2.75) is 64.7 Å². The summed E-state index contributed by atoms with van der Waals surface area (Å²) in [6.07, 6.45) is 2.87. The van der Waals surface area contributed by atoms with Crippen LogP contribution in [0, 0.1) is 11.8 Å². The van der Waals surface area contributed by atoms with E-state index in [9.17, 15) is 9.59 Å². The second-order valence-electron chi connectivity index (χ2n) is 8.13. The molecular formula is C22H30O4. The Labute approximate surface area is 156 Å². The lowest BCUT2D eigenvalue weighted by atomic mass is 9.54. The fraction of sp³-hybridized carbons (Fsp3) is 0.636. The minimum Gasteiger partial charge on any atom is -0.496 e. The van der Waals surface area contributed by atoms with E-state index >= 15 is 0 Å². The molecular weight excluding hydrogens is 328 g/mol. The summed E-state index contributed by atoms with van der Waals surface area (Å²) in [4.78, 5) is 25.1. The second kappa shape index (κ2) is 7.05. The van der Waals surface area contributed by atoms with Crippen LogP contribution in [0.2, 0.25) is 0 Å². The summed E-state index contributed by atoms with van der Waals surface area (Å²) in [5, 5.41) is 0. The number of methoxy groups -OCH3 is 1. The number of carbonyl (C=O) groups excluding carboxylic acids is 2. The summed E-state index contributed by atoms with van der Waals surface area (Å²) in [6, 6.07) is 4.36. The highest BCUT2D eigenvalue weighted by Crippen LogP contribution is 2.53. The number of ether oxygens (including phenoxy) is 2. The molecule has 2 aliphatic carbocycles. The van der Waals surface area contributed by atoms with Gasteiger partial charge in [-0.05, 0) is 60.1 Å². The Balaban J connectivity index is 2.08. The highest BCUT2D eigenvalue weighted by atomic mass is 16.5. The number of benzene rings is 1. The van der Waals surface area contributed by atoms with E-state index in [0.717, 1.165) is 25.0 Å². The van der Waals surface area contributed by atoms with E-state index in [1.807, 2.05) is 0 Å². The van der Waals surface area contributed by atoms with Gasteiger partial charge in [0.05, 0.1) is 13.7 Å². The van der Waals surface area contributed by atoms with Gasteiger partial charge in [-0.15, -0.1) is 0 Å². The highest BCUT2D eigenvalue weighted by molar-refractivity contribution is 6.00. The normalized spacial score (nSPS) is 27.7. The molecule has 0 spiro atoms. The maximum absolute atomic E-state index is 12.6. The predicted molar refractivity (Wildman–Crippen MR) is 101 cm³/mol. The summed E-state index contributed by atoms with van der Waals surface area (Å²) < 4.78 is 11.0. The zero-order valence-corrected chi connectivity index (χ0v) is 16.6. The molecule has 0 saturated heterocycles. The fourth-order valence-corrected chi connectivity index (χ4v) is 5.09. The first-order chi connectivity index (χ1) is 12.3. The third-order valence-corrected chi connectivity index (χ3v) is 6.44. The first kappa shape index (κ1) is 18.9. The molecule has 0 radical (unpaired) electrons. The van der Waals surface area contributed by atoms with Crippen LogP contribution in [0.4, 0.5) is 0 Å². The van der Waals surface area contributed by atoms with Crippen molar-refractivity contribution < 1.29 is 19.1 Å². The Morgan fingerprint density at radius 1 is 1.31 bits per heavy atom. The molecule has 3 atom stereocenters. The van der Waals surface area contributed by atoms with Gasteiger partial charge < -0.3 is 9.47 Å². The van der Waals surface area contributed by atoms with Gasteiger partial charge in [0.25, 0.3) is 0 Å². The van der Waals surface area contributed by atoms with Crippen LogP contribution in [0.1, 0.15) is 69.6 Å². The number of Topliss-reactive ketones (excluding diaryl/α,β-unsaturated/α-hetero) is 1. The zero-order chi connectivity index (χ0) is 19.1. The summed E-state index contributed by atoms with van der Waals surface area (Å²) in [6.45, 7) is 8.66. The lowest BCUT2D eigenvalue weighted by molar-refractivity contribution is -0.157. The Morgan fingerprint density at radius 3 is 2.65 bits per heavy atom. The van der Waals surface area contributed by atoms with Gasteiger partial charge in [-0.2, -0.15) is 0 Å². The number of hydrogen-bond donors (Lipinski definition) is 0. The van der Waals surface area contributed by atoms with Crippen molar-refractivity contribution in [1.29, 1.82) is 0 Å². The molecule has 1 saturated carbocycles. The fourth-order valence-electron chi connectivity index (χ4n) is 5.09. The van der Waals surface area contributed by atoms with Gasteiger partial charge in [0.1, 0.15) is 17.5 Å². The molecule has 4 nitrogen and oxygen atoms in total. The van der Waals surface area contributed by atoms with Crippen molar-refractivity contribution in [3.05, 3.63) is 28.8 Å². The van der Waals surface area contributed by atoms with Crippen molar-refractivity contribution in [2.75, 3.05) is 13.7 Å². The zero-order valence-electron chi connectivity index (χ0n) is 16.6. The van der Waals surface area contributed by atoms with Crippen LogP contribution in [0.3, 0.4) is 0 Å². The minimum atomic E-state index is -0.627. The van der Waals surface area contributed by atoms with E-state index in [0.29, 0.717) is 18.9 Å². The van der Waals surface area contributed by atoms with Crippen LogP contribution in [0.5, 0.6) is 5.75 Å². The van der Waals surface area contributed by atoms with Crippen molar-refractivity contribution >= 4 is 11.8 Å². The van der Waals surface area contributed by atoms with E-state index in [2.05, 4.69) is 32.9 Å². The van der Waals surface area contributed by atoms with Gasteiger partial charge in [0.2, 0.25) is 0 Å². The first-order valence-electron chi connectivity index (χ1n) is 9.74. The minimum absolute atomic E-state index is 0.00454. The SMILES string of the molecule is CCOC(=O)[C@@H]1C(=O)CC[C@]2(C)c3ccc(C(C)C)c(OC)c3CC[C@@H]12. The molecule has 0 unspecified atom stereocenters. The molecule has 0 N–H and O–H groups in total. The number of hydrogen-bond acceptors (Lipinski definition) is 4. The second-order valence-corrected chi connectivity index (χ2v) is 8.13. The standard InChI is InChI=1S/C22H30O4/c1-6-26-21(24)19-17-10-8-15-16(22(17,4)12-11-18(19)23)9-7-14(13(2)3)20(15)25-5/h7,9,13,17,19H,6,8,10-12H2,1-5H3/t17-,19-,22+/m0/s1. The summed E-state index contributed by atoms with van der Waals surface area (Å²) in [7, 11) is 1.74. The molecule has 0 aromatic heterocycles. The smallest absolute Gasteiger partial charge is 0.316 e. The highest BCUT2D eigenvalue weighted by Gasteiger charge is 2.53. The molecule has 142 valence electrons. The van der Waals surface area contributed by atoms with E-state index in [-0.39, 0.29) is 23.1 Å². The van der Waals surface area contributed by atoms with Crippen LogP contribution in [-0.4, -0.2) is 25.5 Å². The third kappa shape index (κ3) is 2.83. The monoisotopic (exact) mass is 358 g/mol. The van der Waals surface area contributed by atoms with Crippen LogP contribution in [0.25, 0.3) is 0 Å². The van der Waals surface area contributed by atoms with Crippen molar-refractivity contribution in [1.82, 2.24) is 0 Å². The molecule has 2 aliphatic rings. The van der Waals surface area contributed by atoms with E-state index in [1.54, 1.807) is 14.0 Å². The molecule has 0 bridgehead atoms. The van der Waals surface area contributed by atoms with Gasteiger partial charge in [-0.3, -0.25) is 9.59 Å². The van der Waals surface area contributed by atoms with Gasteiger partial charge in [0, 0.05) is 6.42 Å². The van der Waals surface area contributed by atoms with Crippen molar-refractivity contribution in [3.63, 3.8) is 0 Å². The number of rotatable bonds is 4. The van der Waals surface area contributed by atoms with Gasteiger partial charge in [-0.1, -0.05) is 32.9 Å². The summed E-state index contributed by atoms with van der Waals surface area (Å²) in [5.41, 5.74) is 3.54. The number of fused-ring (bicyclic) bond motifs is 3. The lowest BCUT2D eigenvalue weighted by Crippen LogP contribution is -2.50. The van der Waals surface area contributed by atoms with Crippen LogP contribution >= 0.6 is 0 Å². The lowest BCUT2D eigenvalue weighted by Gasteiger charge is -2.49. The summed E-state index contributed by atoms with van der Waals surface area (Å²) >= 11 is 0. The molecule has 26 heavy (non-hydrogen) atoms. The Morgan fingerprint density at radius 2 is 2.04 bits per heavy atom. The number of esters is 1. The van der Waals surface area contributed by atoms with Gasteiger partial charge in [0.15, 0.2) is 0 Å². The van der Waals surface area contributed by atoms with Crippen LogP contribution in [0.15, 0.2) is 12.1 Å². The van der Waals surface area contributed by atoms with E-state index < -0.39 is 5.92 Å². The molecule has 0 heterocycles. The predicted octanol–water partition coefficient (Wildman–Crippen LogP) is 4.18. The van der Waals surface area contributed by atoms with Crippen molar-refractivity contribution in [3.8, 4) is 5.75 Å². The number of carbonyl (C=O) groups is 2. The van der Waals surface area contributed by atoms with E-state index in [4.69, 9.17) is 9.47 Å². The van der Waals surface area contributed by atoms with Crippen LogP contribution < -0.4 is 4.74 Å². The molecule has 1 aromatic rings. The quantitative estimate of drug-likeness (QED) is 0.598. The first-order valence-corrected chi connectivity index (χ1v) is 9.74. The summed E-state index contributed by atoms with van der Waals surface area (Å²) in [5.74, 6) is 0.452. The van der Waals surface area contributed by atoms with Gasteiger partial charge in [-0.25, -0.2) is 0 Å². The molecule has 4 heteroatoms. The van der Waals surface area contributed by atoms with Crippen molar-refractivity contribution in [2.24, 2.45) is 11.8 Å². The molecule has 0 aliphatic heterocycles. The molecule has 0 amide bonds. The Hall–Kier alpha value is -1.84. The average molecular weight is 358 g/mol. The average Bonchev–Trinajstić information content (AvgIpc) is 2.61. The number of ketones is 1. The van der Waals surface area contributed by atoms with E-state index in [1.165, 1.54) is 16.7 Å². The molecule has 3 rings (SSSR count). The maximum Gasteiger partial charge on any atom is 0.316 e. The molecule has 1 fully saturated rings. The Bertz CT molecular complexity index is 721. The third-order valence-electron chi connectivity index (χ3n) is 6.44. The van der Waals surface area contributed by atoms with Gasteiger partial charge >= 0.3 is 5.97 Å². The Kier molecular flexibility index (Phi) is 5.14.